The van der Waals surface area contributed by atoms with Gasteiger partial charge in [-0.2, -0.15) is 0 Å². The first kappa shape index (κ1) is 19.8. The number of nitrogens with zero attached hydrogens (tertiary/aromatic N) is 1. The lowest BCUT2D eigenvalue weighted by Gasteiger charge is -2.17. The monoisotopic (exact) mass is 356 g/mol. The summed E-state index contributed by atoms with van der Waals surface area (Å²) in [6, 6.07) is 17.3. The molecular formula is C21H28N2O3. The lowest BCUT2D eigenvalue weighted by atomic mass is 10.3. The molecular weight excluding hydrogens is 328 g/mol. The van der Waals surface area contributed by atoms with Crippen molar-refractivity contribution in [3.05, 3.63) is 54.6 Å². The molecule has 1 amide bonds. The van der Waals surface area contributed by atoms with Crippen molar-refractivity contribution in [1.29, 1.82) is 0 Å². The Morgan fingerprint density at radius 3 is 2.50 bits per heavy atom. The maximum Gasteiger partial charge on any atom is 0.238 e. The minimum atomic E-state index is -0.0518. The van der Waals surface area contributed by atoms with Crippen LogP contribution in [0.15, 0.2) is 54.6 Å². The lowest BCUT2D eigenvalue weighted by Crippen LogP contribution is -2.31. The number of amides is 1. The number of likely N-dealkylation sites (N-methyl/N-ethyl adjacent to an activating group) is 1. The van der Waals surface area contributed by atoms with Crippen molar-refractivity contribution in [2.24, 2.45) is 0 Å². The number of benzene rings is 2. The van der Waals surface area contributed by atoms with Gasteiger partial charge in [-0.1, -0.05) is 37.3 Å². The van der Waals surface area contributed by atoms with Crippen molar-refractivity contribution in [3.8, 4) is 11.5 Å². The summed E-state index contributed by atoms with van der Waals surface area (Å²) in [6.07, 6.45) is 1.78. The number of rotatable bonds is 11. The summed E-state index contributed by atoms with van der Waals surface area (Å²) in [5, 5.41) is 2.93. The fourth-order valence-corrected chi connectivity index (χ4v) is 2.46. The minimum absolute atomic E-state index is 0.0518. The van der Waals surface area contributed by atoms with E-state index in [0.29, 0.717) is 31.2 Å². The van der Waals surface area contributed by atoms with Crippen LogP contribution < -0.4 is 14.8 Å². The van der Waals surface area contributed by atoms with E-state index in [1.54, 1.807) is 0 Å². The molecule has 0 unspecified atom stereocenters. The van der Waals surface area contributed by atoms with Crippen molar-refractivity contribution >= 4 is 11.6 Å². The van der Waals surface area contributed by atoms with Gasteiger partial charge in [0.25, 0.3) is 0 Å². The average Bonchev–Trinajstić information content (AvgIpc) is 2.65. The van der Waals surface area contributed by atoms with E-state index in [1.807, 2.05) is 66.5 Å². The van der Waals surface area contributed by atoms with E-state index < -0.39 is 0 Å². The van der Waals surface area contributed by atoms with Gasteiger partial charge in [-0.05, 0) is 44.2 Å². The summed E-state index contributed by atoms with van der Waals surface area (Å²) >= 11 is 0. The third kappa shape index (κ3) is 7.15. The van der Waals surface area contributed by atoms with Gasteiger partial charge in [0.1, 0.15) is 11.5 Å². The number of anilines is 1. The first-order chi connectivity index (χ1) is 12.7. The molecule has 0 atom stereocenters. The lowest BCUT2D eigenvalue weighted by molar-refractivity contribution is -0.117. The minimum Gasteiger partial charge on any atom is -0.494 e. The van der Waals surface area contributed by atoms with Gasteiger partial charge in [-0.3, -0.25) is 9.69 Å². The van der Waals surface area contributed by atoms with E-state index in [9.17, 15) is 4.79 Å². The van der Waals surface area contributed by atoms with Gasteiger partial charge >= 0.3 is 0 Å². The van der Waals surface area contributed by atoms with E-state index in [-0.39, 0.29) is 5.91 Å². The quantitative estimate of drug-likeness (QED) is 0.622. The number of nitrogens with one attached hydrogen (secondary N) is 1. The molecule has 0 fully saturated rings. The molecule has 0 radical (unpaired) electrons. The van der Waals surface area contributed by atoms with E-state index in [1.165, 1.54) is 0 Å². The average molecular weight is 356 g/mol. The van der Waals surface area contributed by atoms with Gasteiger partial charge in [0, 0.05) is 6.54 Å². The normalized spacial score (nSPS) is 10.6. The first-order valence-electron chi connectivity index (χ1n) is 9.07. The van der Waals surface area contributed by atoms with Crippen LogP contribution in [0, 0.1) is 0 Å². The van der Waals surface area contributed by atoms with Crippen LogP contribution in [-0.4, -0.2) is 44.2 Å². The Balaban J connectivity index is 1.70. The first-order valence-corrected chi connectivity index (χ1v) is 9.07. The zero-order valence-electron chi connectivity index (χ0n) is 15.6. The maximum absolute atomic E-state index is 12.3. The third-order valence-electron chi connectivity index (χ3n) is 3.73. The molecule has 0 heterocycles. The second-order valence-corrected chi connectivity index (χ2v) is 6.15. The second kappa shape index (κ2) is 11.2. The van der Waals surface area contributed by atoms with Crippen LogP contribution in [0.2, 0.25) is 0 Å². The molecule has 0 aliphatic heterocycles. The van der Waals surface area contributed by atoms with Gasteiger partial charge in [0.05, 0.1) is 25.4 Å². The highest BCUT2D eigenvalue weighted by Crippen LogP contribution is 2.23. The van der Waals surface area contributed by atoms with Gasteiger partial charge in [0.15, 0.2) is 0 Å². The molecule has 2 aromatic rings. The highest BCUT2D eigenvalue weighted by molar-refractivity contribution is 5.93. The van der Waals surface area contributed by atoms with Crippen molar-refractivity contribution in [1.82, 2.24) is 4.90 Å². The predicted octanol–water partition coefficient (Wildman–Crippen LogP) is 3.81. The van der Waals surface area contributed by atoms with Crippen LogP contribution in [0.1, 0.15) is 19.8 Å². The van der Waals surface area contributed by atoms with Crippen LogP contribution >= 0.6 is 0 Å². The van der Waals surface area contributed by atoms with Gasteiger partial charge < -0.3 is 14.8 Å². The Bertz CT molecular complexity index is 661. The molecule has 5 nitrogen and oxygen atoms in total. The molecule has 0 aliphatic carbocycles. The molecule has 5 heteroatoms. The molecule has 0 saturated heterocycles. The fourth-order valence-electron chi connectivity index (χ4n) is 2.46. The molecule has 26 heavy (non-hydrogen) atoms. The molecule has 0 saturated carbocycles. The number of para-hydroxylation sites is 3. The Hall–Kier alpha value is -2.53. The molecule has 0 aliphatic rings. The van der Waals surface area contributed by atoms with Gasteiger partial charge in [-0.25, -0.2) is 0 Å². The highest BCUT2D eigenvalue weighted by atomic mass is 16.5. The Kier molecular flexibility index (Phi) is 8.49. The molecule has 0 aromatic heterocycles. The van der Waals surface area contributed by atoms with Crippen molar-refractivity contribution in [2.75, 3.05) is 38.7 Å². The Morgan fingerprint density at radius 2 is 1.73 bits per heavy atom. The van der Waals surface area contributed by atoms with E-state index >= 15 is 0 Å². The number of ether oxygens (including phenoxy) is 2. The summed E-state index contributed by atoms with van der Waals surface area (Å²) in [7, 11) is 1.93. The van der Waals surface area contributed by atoms with Gasteiger partial charge in [0.2, 0.25) is 5.91 Å². The van der Waals surface area contributed by atoms with Gasteiger partial charge in [-0.15, -0.1) is 0 Å². The van der Waals surface area contributed by atoms with Crippen LogP contribution in [0.5, 0.6) is 11.5 Å². The zero-order chi connectivity index (χ0) is 18.6. The maximum atomic E-state index is 12.3. The zero-order valence-corrected chi connectivity index (χ0v) is 15.6. The molecule has 2 aromatic carbocycles. The topological polar surface area (TPSA) is 50.8 Å². The van der Waals surface area contributed by atoms with Crippen LogP contribution in [-0.2, 0) is 4.79 Å². The van der Waals surface area contributed by atoms with Crippen LogP contribution in [0.4, 0.5) is 5.69 Å². The molecule has 140 valence electrons. The van der Waals surface area contributed by atoms with E-state index in [0.717, 1.165) is 25.1 Å². The summed E-state index contributed by atoms with van der Waals surface area (Å²) in [4.78, 5) is 14.2. The largest absolute Gasteiger partial charge is 0.494 e. The summed E-state index contributed by atoms with van der Waals surface area (Å²) in [6.45, 7) is 4.43. The summed E-state index contributed by atoms with van der Waals surface area (Å²) < 4.78 is 11.3. The highest BCUT2D eigenvalue weighted by Gasteiger charge is 2.10. The van der Waals surface area contributed by atoms with E-state index in [2.05, 4.69) is 12.2 Å². The van der Waals surface area contributed by atoms with Crippen molar-refractivity contribution < 1.29 is 14.3 Å². The molecule has 0 spiro atoms. The summed E-state index contributed by atoms with van der Waals surface area (Å²) in [5.74, 6) is 1.53. The smallest absolute Gasteiger partial charge is 0.238 e. The fraction of sp³-hybridized carbons (Fsp3) is 0.381. The van der Waals surface area contributed by atoms with E-state index in [4.69, 9.17) is 9.47 Å². The van der Waals surface area contributed by atoms with Crippen LogP contribution in [0.25, 0.3) is 0 Å². The Labute approximate surface area is 155 Å². The Morgan fingerprint density at radius 1 is 1.00 bits per heavy atom. The number of carbonyl (C=O) groups excluding carboxylic acids is 1. The standard InChI is InChI=1S/C21H28N2O3/c1-3-15-26-20-13-8-7-12-19(20)22-21(24)17-23(2)14-9-16-25-18-10-5-4-6-11-18/h4-8,10-13H,3,9,14-17H2,1-2H3,(H,22,24). The second-order valence-electron chi connectivity index (χ2n) is 6.15. The van der Waals surface area contributed by atoms with Crippen LogP contribution in [0.3, 0.4) is 0 Å². The van der Waals surface area contributed by atoms with Crippen molar-refractivity contribution in [3.63, 3.8) is 0 Å². The molecule has 0 bridgehead atoms. The SMILES string of the molecule is CCCOc1ccccc1NC(=O)CN(C)CCCOc1ccccc1. The number of hydrogen-bond donors (Lipinski definition) is 1. The molecule has 2 rings (SSSR count). The molecule has 1 N–H and O–H groups in total. The number of hydrogen-bond acceptors (Lipinski definition) is 4. The number of carbonyl (C=O) groups is 1. The third-order valence-corrected chi connectivity index (χ3v) is 3.73. The summed E-state index contributed by atoms with van der Waals surface area (Å²) in [5.41, 5.74) is 0.715. The predicted molar refractivity (Wildman–Crippen MR) is 105 cm³/mol. The van der Waals surface area contributed by atoms with Crippen molar-refractivity contribution in [2.45, 2.75) is 19.8 Å².